The van der Waals surface area contributed by atoms with Crippen LogP contribution in [0.5, 0.6) is 23.0 Å². The smallest absolute Gasteiger partial charge is 0.407 e. The van der Waals surface area contributed by atoms with Crippen LogP contribution in [-0.2, 0) is 25.9 Å². The lowest BCUT2D eigenvalue weighted by atomic mass is 9.87. The van der Waals surface area contributed by atoms with Crippen LogP contribution in [0, 0.1) is 23.7 Å². The van der Waals surface area contributed by atoms with Crippen molar-refractivity contribution < 1.29 is 46.7 Å². The van der Waals surface area contributed by atoms with Crippen molar-refractivity contribution in [3.05, 3.63) is 77.9 Å². The van der Waals surface area contributed by atoms with E-state index < -0.39 is 28.3 Å². The molecule has 66 heavy (non-hydrogen) atoms. The third kappa shape index (κ3) is 19.2. The molecule has 3 heterocycles. The molecule has 1 saturated heterocycles. The highest BCUT2D eigenvalue weighted by molar-refractivity contribution is 7.89. The van der Waals surface area contributed by atoms with E-state index in [1.54, 1.807) is 22.5 Å². The van der Waals surface area contributed by atoms with E-state index in [2.05, 4.69) is 38.3 Å². The molecule has 3 aromatic carbocycles. The number of amides is 1. The highest BCUT2D eigenvalue weighted by atomic mass is 35.5. The summed E-state index contributed by atoms with van der Waals surface area (Å²) in [6.07, 6.45) is 5.84. The first-order chi connectivity index (χ1) is 31.4. The first kappa shape index (κ1) is 55.1. The SMILES string of the molecule is CC(C)(CCCCCl)CNCC(O)[C@H](Cc1ccccc1)NC(=O)OC1CCOC1.CC(C)CN(CC(C)(C)CCCCCl)S(=O)(=O)c1ccc2c(c1)OCO2.Cc1ccc2c(c1)OCO2. The van der Waals surface area contributed by atoms with Gasteiger partial charge in [0.2, 0.25) is 23.6 Å². The molecule has 0 spiro atoms. The van der Waals surface area contributed by atoms with Crippen molar-refractivity contribution in [1.29, 1.82) is 0 Å². The van der Waals surface area contributed by atoms with Crippen LogP contribution in [0.4, 0.5) is 4.79 Å². The number of aliphatic hydroxyl groups excluding tert-OH is 1. The molecule has 6 rings (SSSR count). The molecule has 0 radical (unpaired) electrons. The number of ether oxygens (including phenoxy) is 6. The van der Waals surface area contributed by atoms with Crippen molar-refractivity contribution in [3.63, 3.8) is 0 Å². The number of unbranched alkanes of at least 4 members (excludes halogenated alkanes) is 2. The first-order valence-electron chi connectivity index (χ1n) is 23.3. The Hall–Kier alpha value is -3.50. The fraction of sp³-hybridized carbons (Fsp3) is 0.620. The standard InChI is InChI=1S/C23H37ClN2O4.C19H30ClNO4S.C8H8O2/c1-23(2,11-6-7-12-24)17-25-15-21(27)20(14-18-8-4-3-5-9-18)26-22(28)30-19-10-13-29-16-19;1-15(2)12-21(13-19(3,4)9-5-6-10-20)26(22,23)16-7-8-17-18(11-16)25-14-24-17;1-6-2-3-7-8(4-6)10-5-9-7/h3-5,8-9,19-21,25,27H,6-7,10-17H2,1-2H3,(H,26,28);7-8,11,15H,5-6,9-10,12-14H2,1-4H3;2-4H,5H2,1H3/t19?,20-,21?;;/m0../s1. The van der Waals surface area contributed by atoms with E-state index in [0.29, 0.717) is 75.7 Å². The summed E-state index contributed by atoms with van der Waals surface area (Å²) >= 11 is 11.5. The Balaban J connectivity index is 0.000000239. The summed E-state index contributed by atoms with van der Waals surface area (Å²) in [6.45, 7) is 18.4. The van der Waals surface area contributed by atoms with E-state index in [-0.39, 0.29) is 34.5 Å². The number of hydrogen-bond donors (Lipinski definition) is 3. The number of fused-ring (bicyclic) bond motifs is 2. The lowest BCUT2D eigenvalue weighted by Gasteiger charge is -2.33. The van der Waals surface area contributed by atoms with Gasteiger partial charge in [0.1, 0.15) is 6.10 Å². The van der Waals surface area contributed by atoms with Crippen LogP contribution in [0.15, 0.2) is 71.6 Å². The van der Waals surface area contributed by atoms with Gasteiger partial charge in [0, 0.05) is 50.4 Å². The van der Waals surface area contributed by atoms with E-state index in [0.717, 1.165) is 62.1 Å². The summed E-state index contributed by atoms with van der Waals surface area (Å²) in [7, 11) is -3.61. The number of aryl methyl sites for hydroxylation is 1. The van der Waals surface area contributed by atoms with E-state index in [1.165, 1.54) is 5.56 Å². The maximum atomic E-state index is 13.3. The maximum Gasteiger partial charge on any atom is 0.407 e. The van der Waals surface area contributed by atoms with Crippen LogP contribution in [-0.4, -0.2) is 107 Å². The minimum Gasteiger partial charge on any atom is -0.454 e. The lowest BCUT2D eigenvalue weighted by molar-refractivity contribution is 0.0684. The number of halogens is 2. The second-order valence-corrected chi connectivity index (χ2v) is 21.9. The van der Waals surface area contributed by atoms with Gasteiger partial charge in [0.05, 0.1) is 30.3 Å². The zero-order valence-corrected chi connectivity index (χ0v) is 42.4. The van der Waals surface area contributed by atoms with E-state index in [4.69, 9.17) is 51.6 Å². The van der Waals surface area contributed by atoms with Gasteiger partial charge in [-0.2, -0.15) is 4.31 Å². The van der Waals surface area contributed by atoms with Gasteiger partial charge >= 0.3 is 6.09 Å². The van der Waals surface area contributed by atoms with Crippen molar-refractivity contribution in [2.75, 3.05) is 64.7 Å². The van der Waals surface area contributed by atoms with E-state index >= 15 is 0 Å². The molecule has 3 aromatic rings. The summed E-state index contributed by atoms with van der Waals surface area (Å²) in [4.78, 5) is 12.6. The number of nitrogens with one attached hydrogen (secondary N) is 2. The molecule has 3 aliphatic heterocycles. The predicted molar refractivity (Wildman–Crippen MR) is 262 cm³/mol. The topological polar surface area (TPSA) is 154 Å². The van der Waals surface area contributed by atoms with Gasteiger partial charge in [0.15, 0.2) is 23.0 Å². The zero-order chi connectivity index (χ0) is 48.2. The van der Waals surface area contributed by atoms with Crippen molar-refractivity contribution in [2.45, 2.75) is 123 Å². The van der Waals surface area contributed by atoms with E-state index in [9.17, 15) is 18.3 Å². The minimum absolute atomic E-state index is 0.121. The predicted octanol–water partition coefficient (Wildman–Crippen LogP) is 9.72. The van der Waals surface area contributed by atoms with Crippen molar-refractivity contribution in [3.8, 4) is 23.0 Å². The first-order valence-corrected chi connectivity index (χ1v) is 25.8. The van der Waals surface area contributed by atoms with Crippen LogP contribution in [0.3, 0.4) is 0 Å². The third-order valence-corrected chi connectivity index (χ3v) is 13.7. The molecule has 0 saturated carbocycles. The van der Waals surface area contributed by atoms with Crippen LogP contribution >= 0.6 is 23.2 Å². The number of hydrogen-bond acceptors (Lipinski definition) is 11. The Morgan fingerprint density at radius 1 is 0.848 bits per heavy atom. The molecule has 2 unspecified atom stereocenters. The van der Waals surface area contributed by atoms with Crippen molar-refractivity contribution >= 4 is 39.3 Å². The number of alkyl carbamates (subject to hydrolysis) is 1. The summed E-state index contributed by atoms with van der Waals surface area (Å²) in [5.41, 5.74) is 2.25. The van der Waals surface area contributed by atoms with Gasteiger partial charge in [-0.15, -0.1) is 23.2 Å². The Morgan fingerprint density at radius 3 is 2.06 bits per heavy atom. The molecule has 1 amide bonds. The molecular weight excluding hydrogens is 906 g/mol. The highest BCUT2D eigenvalue weighted by Crippen LogP contribution is 2.36. The minimum atomic E-state index is -3.61. The number of sulfonamides is 1. The molecule has 0 bridgehead atoms. The monoisotopic (exact) mass is 979 g/mol. The Labute approximate surface area is 404 Å². The summed E-state index contributed by atoms with van der Waals surface area (Å²) in [5.74, 6) is 4.35. The van der Waals surface area contributed by atoms with Gasteiger partial charge in [-0.3, -0.25) is 0 Å². The second-order valence-electron chi connectivity index (χ2n) is 19.2. The van der Waals surface area contributed by atoms with Gasteiger partial charge in [-0.25, -0.2) is 13.2 Å². The van der Waals surface area contributed by atoms with Gasteiger partial charge in [-0.1, -0.05) is 90.8 Å². The number of alkyl halides is 2. The molecule has 3 N–H and O–H groups in total. The maximum absolute atomic E-state index is 13.3. The van der Waals surface area contributed by atoms with Crippen LogP contribution < -0.4 is 29.6 Å². The average Bonchev–Trinajstić information content (AvgIpc) is 4.07. The second kappa shape index (κ2) is 27.5. The van der Waals surface area contributed by atoms with Crippen molar-refractivity contribution in [2.24, 2.45) is 16.7 Å². The Bertz CT molecular complexity index is 2000. The third-order valence-electron chi connectivity index (χ3n) is 11.3. The van der Waals surface area contributed by atoms with Crippen LogP contribution in [0.25, 0.3) is 0 Å². The van der Waals surface area contributed by atoms with Gasteiger partial charge in [-0.05, 0) is 91.2 Å². The molecule has 3 aliphatic rings. The number of benzene rings is 3. The van der Waals surface area contributed by atoms with E-state index in [1.807, 2.05) is 69.3 Å². The van der Waals surface area contributed by atoms with Gasteiger partial charge < -0.3 is 44.2 Å². The quantitative estimate of drug-likeness (QED) is 0.0615. The number of carbonyl (C=O) groups excluding carboxylic acids is 1. The molecule has 13 nitrogen and oxygen atoms in total. The summed E-state index contributed by atoms with van der Waals surface area (Å²) in [5, 5.41) is 17.0. The summed E-state index contributed by atoms with van der Waals surface area (Å²) < 4.78 is 59.8. The average molecular weight is 981 g/mol. The number of nitrogens with zero attached hydrogens (tertiary/aromatic N) is 1. The normalized spacial score (nSPS) is 16.3. The summed E-state index contributed by atoms with van der Waals surface area (Å²) in [6, 6.07) is 20.1. The molecule has 0 aromatic heterocycles. The molecule has 1 fully saturated rings. The number of aliphatic hydroxyl groups is 1. The Kier molecular flexibility index (Phi) is 22.9. The molecule has 370 valence electrons. The fourth-order valence-corrected chi connectivity index (χ4v) is 9.87. The molecular formula is C50H75Cl2N3O10S. The zero-order valence-electron chi connectivity index (χ0n) is 40.1. The largest absolute Gasteiger partial charge is 0.454 e. The highest BCUT2D eigenvalue weighted by Gasteiger charge is 2.33. The van der Waals surface area contributed by atoms with Gasteiger partial charge in [0.25, 0.3) is 0 Å². The van der Waals surface area contributed by atoms with Crippen LogP contribution in [0.2, 0.25) is 0 Å². The Morgan fingerprint density at radius 2 is 1.45 bits per heavy atom. The molecule has 16 heteroatoms. The fourth-order valence-electron chi connectivity index (χ4n) is 7.68. The number of carbonyl (C=O) groups is 1. The molecule has 3 atom stereocenters. The molecule has 0 aliphatic carbocycles. The lowest BCUT2D eigenvalue weighted by Crippen LogP contribution is -2.50. The van der Waals surface area contributed by atoms with Crippen molar-refractivity contribution in [1.82, 2.24) is 14.9 Å². The number of rotatable bonds is 23. The van der Waals surface area contributed by atoms with Crippen LogP contribution in [0.1, 0.15) is 97.6 Å².